The maximum atomic E-state index is 3.68. The van der Waals surface area contributed by atoms with E-state index in [1.807, 2.05) is 0 Å². The van der Waals surface area contributed by atoms with Crippen LogP contribution in [0.15, 0.2) is 42.5 Å². The van der Waals surface area contributed by atoms with Gasteiger partial charge in [-0.25, -0.2) is 0 Å². The Morgan fingerprint density at radius 2 is 1.79 bits per heavy atom. The highest BCUT2D eigenvalue weighted by atomic mass is 35.5. The second-order valence-corrected chi connectivity index (χ2v) is 5.44. The average Bonchev–Trinajstić information content (AvgIpc) is 2.62. The minimum Gasteiger partial charge on any atom is -0.371 e. The van der Waals surface area contributed by atoms with Crippen molar-refractivity contribution in [3.63, 3.8) is 0 Å². The van der Waals surface area contributed by atoms with Gasteiger partial charge in [-0.3, -0.25) is 0 Å². The number of fused-ring (bicyclic) bond motifs is 7. The van der Waals surface area contributed by atoms with Crippen LogP contribution in [-0.2, 0) is 5.54 Å². The van der Waals surface area contributed by atoms with Crippen LogP contribution in [0.25, 0.3) is 11.8 Å². The summed E-state index contributed by atoms with van der Waals surface area (Å²) in [6.45, 7) is 4.44. The summed E-state index contributed by atoms with van der Waals surface area (Å²) in [5, 5.41) is 3.68. The molecule has 2 aliphatic rings. The molecule has 0 saturated carbocycles. The van der Waals surface area contributed by atoms with E-state index in [4.69, 9.17) is 0 Å². The quantitative estimate of drug-likeness (QED) is 0.759. The van der Waals surface area contributed by atoms with Gasteiger partial charge in [-0.2, -0.15) is 0 Å². The molecule has 19 heavy (non-hydrogen) atoms. The Bertz CT molecular complexity index is 702. The number of hydrogen-bond acceptors (Lipinski definition) is 1. The third-order valence-corrected chi connectivity index (χ3v) is 4.19. The highest BCUT2D eigenvalue weighted by Crippen LogP contribution is 2.46. The molecule has 1 N–H and O–H groups in total. The minimum absolute atomic E-state index is 0. The van der Waals surface area contributed by atoms with Gasteiger partial charge in [-0.05, 0) is 36.6 Å². The number of nitrogens with one attached hydrogen (secondary N) is 1. The molecule has 0 aromatic heterocycles. The lowest BCUT2D eigenvalue weighted by atomic mass is 9.82. The van der Waals surface area contributed by atoms with Crippen molar-refractivity contribution >= 4 is 24.2 Å². The van der Waals surface area contributed by atoms with Crippen LogP contribution in [0.4, 0.5) is 0 Å². The van der Waals surface area contributed by atoms with E-state index in [1.54, 1.807) is 0 Å². The lowest BCUT2D eigenvalue weighted by Gasteiger charge is -2.32. The van der Waals surface area contributed by atoms with Gasteiger partial charge in [0, 0.05) is 11.3 Å². The van der Waals surface area contributed by atoms with Gasteiger partial charge in [0.1, 0.15) is 0 Å². The van der Waals surface area contributed by atoms with Crippen LogP contribution >= 0.6 is 12.4 Å². The summed E-state index contributed by atoms with van der Waals surface area (Å²) in [5.74, 6) is 0. The molecule has 0 saturated heterocycles. The van der Waals surface area contributed by atoms with Crippen molar-refractivity contribution in [3.05, 3.63) is 70.3 Å². The summed E-state index contributed by atoms with van der Waals surface area (Å²) >= 11 is 0. The van der Waals surface area contributed by atoms with Crippen LogP contribution in [0.3, 0.4) is 0 Å². The number of aryl methyl sites for hydroxylation is 1. The molecule has 2 aromatic carbocycles. The van der Waals surface area contributed by atoms with Crippen molar-refractivity contribution in [2.24, 2.45) is 0 Å². The molecule has 1 unspecified atom stereocenters. The predicted molar refractivity (Wildman–Crippen MR) is 82.3 cm³/mol. The number of rotatable bonds is 0. The minimum atomic E-state index is -0.0674. The molecule has 2 bridgehead atoms. The van der Waals surface area contributed by atoms with Gasteiger partial charge in [0.05, 0.1) is 5.54 Å². The van der Waals surface area contributed by atoms with Crippen molar-refractivity contribution in [1.82, 2.24) is 5.32 Å². The Morgan fingerprint density at radius 1 is 1.00 bits per heavy atom. The van der Waals surface area contributed by atoms with Gasteiger partial charge in [0.15, 0.2) is 0 Å². The number of hydrogen-bond donors (Lipinski definition) is 1. The van der Waals surface area contributed by atoms with Crippen molar-refractivity contribution in [2.45, 2.75) is 19.4 Å². The van der Waals surface area contributed by atoms with Gasteiger partial charge in [0.25, 0.3) is 0 Å². The highest BCUT2D eigenvalue weighted by molar-refractivity contribution is 5.91. The number of benzene rings is 2. The molecule has 0 aliphatic carbocycles. The average molecular weight is 270 g/mol. The monoisotopic (exact) mass is 269 g/mol. The van der Waals surface area contributed by atoms with Gasteiger partial charge in [-0.1, -0.05) is 48.0 Å². The second kappa shape index (κ2) is 3.88. The molecule has 2 heterocycles. The van der Waals surface area contributed by atoms with E-state index < -0.39 is 0 Å². The third kappa shape index (κ3) is 1.48. The highest BCUT2D eigenvalue weighted by Gasteiger charge is 2.41. The maximum Gasteiger partial charge on any atom is 0.0863 e. The zero-order chi connectivity index (χ0) is 12.3. The molecule has 2 heteroatoms. The zero-order valence-corrected chi connectivity index (χ0v) is 11.8. The second-order valence-electron chi connectivity index (χ2n) is 5.44. The lowest BCUT2D eigenvalue weighted by molar-refractivity contribution is 0.538. The molecule has 96 valence electrons. The van der Waals surface area contributed by atoms with Crippen molar-refractivity contribution < 1.29 is 0 Å². The first-order valence-corrected chi connectivity index (χ1v) is 6.39. The lowest BCUT2D eigenvalue weighted by Crippen LogP contribution is -2.36. The van der Waals surface area contributed by atoms with E-state index in [0.717, 1.165) is 0 Å². The molecular formula is C17H16ClN. The summed E-state index contributed by atoms with van der Waals surface area (Å²) in [7, 11) is 0. The van der Waals surface area contributed by atoms with E-state index in [9.17, 15) is 0 Å². The molecular weight excluding hydrogens is 254 g/mol. The van der Waals surface area contributed by atoms with Crippen LogP contribution in [-0.4, -0.2) is 0 Å². The topological polar surface area (TPSA) is 12.0 Å². The third-order valence-electron chi connectivity index (χ3n) is 4.19. The van der Waals surface area contributed by atoms with Crippen LogP contribution in [0.5, 0.6) is 0 Å². The van der Waals surface area contributed by atoms with Crippen LogP contribution in [0, 0.1) is 6.92 Å². The van der Waals surface area contributed by atoms with Gasteiger partial charge >= 0.3 is 0 Å². The Hall–Kier alpha value is -1.73. The molecule has 0 spiro atoms. The van der Waals surface area contributed by atoms with E-state index in [2.05, 4.69) is 67.7 Å². The Labute approximate surface area is 119 Å². The standard InChI is InChI=1S/C17H15N.ClH/c1-11-7-8-12-10-16-13-5-3-4-6-14(13)17(2,18-16)15(12)9-11;/h3-10,18H,1-2H3;1H. The molecule has 2 aromatic rings. The van der Waals surface area contributed by atoms with E-state index in [-0.39, 0.29) is 17.9 Å². The van der Waals surface area contributed by atoms with Crippen molar-refractivity contribution in [1.29, 1.82) is 0 Å². The van der Waals surface area contributed by atoms with Gasteiger partial charge < -0.3 is 5.32 Å². The Balaban J connectivity index is 0.00000110. The fourth-order valence-electron chi connectivity index (χ4n) is 3.27. The molecule has 0 radical (unpaired) electrons. The van der Waals surface area contributed by atoms with E-state index in [0.29, 0.717) is 0 Å². The molecule has 4 rings (SSSR count). The van der Waals surface area contributed by atoms with Crippen LogP contribution in [0.2, 0.25) is 0 Å². The SMILES string of the molecule is Cc1ccc2c(c1)C1(C)NC(=C2)c2ccccc21.Cl. The summed E-state index contributed by atoms with van der Waals surface area (Å²) < 4.78 is 0. The van der Waals surface area contributed by atoms with E-state index in [1.165, 1.54) is 33.5 Å². The summed E-state index contributed by atoms with van der Waals surface area (Å²) in [6, 6.07) is 15.4. The first-order chi connectivity index (χ1) is 8.68. The van der Waals surface area contributed by atoms with Gasteiger partial charge in [0.2, 0.25) is 0 Å². The molecule has 1 nitrogen and oxygen atoms in total. The van der Waals surface area contributed by atoms with Crippen molar-refractivity contribution in [3.8, 4) is 0 Å². The molecule has 2 aliphatic heterocycles. The summed E-state index contributed by atoms with van der Waals surface area (Å²) in [5.41, 5.74) is 7.96. The maximum absolute atomic E-state index is 3.68. The van der Waals surface area contributed by atoms with E-state index >= 15 is 0 Å². The zero-order valence-electron chi connectivity index (χ0n) is 11.0. The first kappa shape index (κ1) is 12.3. The van der Waals surface area contributed by atoms with Crippen LogP contribution < -0.4 is 5.32 Å². The number of halogens is 1. The molecule has 1 atom stereocenters. The van der Waals surface area contributed by atoms with Crippen LogP contribution in [0.1, 0.15) is 34.7 Å². The fraction of sp³-hybridized carbons (Fsp3) is 0.176. The molecule has 0 amide bonds. The Kier molecular flexibility index (Phi) is 2.51. The van der Waals surface area contributed by atoms with Gasteiger partial charge in [-0.15, -0.1) is 12.4 Å². The normalized spacial score (nSPS) is 21.7. The Morgan fingerprint density at radius 3 is 2.63 bits per heavy atom. The van der Waals surface area contributed by atoms with Crippen molar-refractivity contribution in [2.75, 3.05) is 0 Å². The molecule has 0 fully saturated rings. The first-order valence-electron chi connectivity index (χ1n) is 6.39. The largest absolute Gasteiger partial charge is 0.371 e. The smallest absolute Gasteiger partial charge is 0.0863 e. The fourth-order valence-corrected chi connectivity index (χ4v) is 3.27. The summed E-state index contributed by atoms with van der Waals surface area (Å²) in [6.07, 6.45) is 2.27. The predicted octanol–water partition coefficient (Wildman–Crippen LogP) is 4.10. The summed E-state index contributed by atoms with van der Waals surface area (Å²) in [4.78, 5) is 0.